The van der Waals surface area contributed by atoms with Crippen LogP contribution in [0, 0.1) is 5.41 Å². The zero-order valence-electron chi connectivity index (χ0n) is 10.6. The van der Waals surface area contributed by atoms with Crippen molar-refractivity contribution in [2.75, 3.05) is 19.5 Å². The van der Waals surface area contributed by atoms with Crippen LogP contribution in [0.3, 0.4) is 0 Å². The fourth-order valence-electron chi connectivity index (χ4n) is 1.73. The zero-order valence-corrected chi connectivity index (χ0v) is 11.4. The maximum absolute atomic E-state index is 8.07. The summed E-state index contributed by atoms with van der Waals surface area (Å²) in [5, 5.41) is 8.07. The quantitative estimate of drug-likeness (QED) is 0.586. The van der Waals surface area contributed by atoms with Crippen LogP contribution in [-0.2, 0) is 6.42 Å². The van der Waals surface area contributed by atoms with Crippen molar-refractivity contribution in [3.63, 3.8) is 0 Å². The molecule has 0 aromatic heterocycles. The summed E-state index contributed by atoms with van der Waals surface area (Å²) in [6.45, 7) is 2.90. The lowest BCUT2D eigenvalue weighted by Gasteiger charge is -2.24. The van der Waals surface area contributed by atoms with Crippen LogP contribution in [0.4, 0.5) is 0 Å². The van der Waals surface area contributed by atoms with E-state index in [1.165, 1.54) is 5.56 Å². The number of nitrogens with one attached hydrogen (secondary N) is 1. The van der Waals surface area contributed by atoms with Gasteiger partial charge in [0.2, 0.25) is 0 Å². The molecule has 0 bridgehead atoms. The van der Waals surface area contributed by atoms with Crippen molar-refractivity contribution >= 4 is 17.3 Å². The van der Waals surface area contributed by atoms with Crippen LogP contribution in [-0.4, -0.2) is 36.1 Å². The van der Waals surface area contributed by atoms with Gasteiger partial charge >= 0.3 is 0 Å². The van der Waals surface area contributed by atoms with Gasteiger partial charge in [-0.15, -0.1) is 11.6 Å². The highest BCUT2D eigenvalue weighted by molar-refractivity contribution is 6.18. The molecule has 0 fully saturated rings. The van der Waals surface area contributed by atoms with Gasteiger partial charge in [0.1, 0.15) is 0 Å². The SMILES string of the molecule is CC(C(=N)CCc1ccccc1)N(C)CCCl. The molecular weight excluding hydrogens is 232 g/mol. The molecule has 0 spiro atoms. The monoisotopic (exact) mass is 252 g/mol. The number of hydrogen-bond donors (Lipinski definition) is 1. The molecule has 0 aliphatic heterocycles. The number of halogens is 1. The van der Waals surface area contributed by atoms with Gasteiger partial charge in [-0.2, -0.15) is 0 Å². The first kappa shape index (κ1) is 14.2. The first-order valence-electron chi connectivity index (χ1n) is 6.02. The van der Waals surface area contributed by atoms with Gasteiger partial charge in [0.05, 0.1) is 0 Å². The van der Waals surface area contributed by atoms with E-state index in [9.17, 15) is 0 Å². The normalized spacial score (nSPS) is 12.7. The Morgan fingerprint density at radius 3 is 2.59 bits per heavy atom. The van der Waals surface area contributed by atoms with Crippen molar-refractivity contribution < 1.29 is 0 Å². The Bertz CT molecular complexity index is 337. The summed E-state index contributed by atoms with van der Waals surface area (Å²) in [5.41, 5.74) is 2.07. The van der Waals surface area contributed by atoms with Crippen molar-refractivity contribution in [3.05, 3.63) is 35.9 Å². The Labute approximate surface area is 109 Å². The molecule has 0 heterocycles. The lowest BCUT2D eigenvalue weighted by molar-refractivity contribution is 0.327. The Balaban J connectivity index is 2.39. The van der Waals surface area contributed by atoms with E-state index in [-0.39, 0.29) is 6.04 Å². The maximum atomic E-state index is 8.07. The molecule has 1 aromatic rings. The van der Waals surface area contributed by atoms with Crippen LogP contribution < -0.4 is 0 Å². The summed E-state index contributed by atoms with van der Waals surface area (Å²) < 4.78 is 0. The average molecular weight is 253 g/mol. The van der Waals surface area contributed by atoms with Crippen molar-refractivity contribution in [1.29, 1.82) is 5.41 Å². The number of benzene rings is 1. The van der Waals surface area contributed by atoms with E-state index in [2.05, 4.69) is 24.0 Å². The number of nitrogens with zero attached hydrogens (tertiary/aromatic N) is 1. The molecular formula is C14H21ClN2. The fourth-order valence-corrected chi connectivity index (χ4v) is 1.99. The highest BCUT2D eigenvalue weighted by atomic mass is 35.5. The standard InChI is InChI=1S/C14H21ClN2/c1-12(17(2)11-10-15)14(16)9-8-13-6-4-3-5-7-13/h3-7,12,16H,8-11H2,1-2H3. The third kappa shape index (κ3) is 4.88. The second kappa shape index (κ2) is 7.46. The highest BCUT2D eigenvalue weighted by Crippen LogP contribution is 2.07. The van der Waals surface area contributed by atoms with Crippen molar-refractivity contribution in [3.8, 4) is 0 Å². The largest absolute Gasteiger partial charge is 0.308 e. The third-order valence-corrected chi connectivity index (χ3v) is 3.30. The second-order valence-electron chi connectivity index (χ2n) is 4.36. The van der Waals surface area contributed by atoms with Gasteiger partial charge < -0.3 is 5.41 Å². The molecule has 0 aliphatic rings. The van der Waals surface area contributed by atoms with E-state index in [0.29, 0.717) is 5.88 Å². The van der Waals surface area contributed by atoms with E-state index in [1.807, 2.05) is 25.2 Å². The molecule has 1 N–H and O–H groups in total. The van der Waals surface area contributed by atoms with Crippen LogP contribution in [0.2, 0.25) is 0 Å². The smallest absolute Gasteiger partial charge is 0.0443 e. The van der Waals surface area contributed by atoms with Crippen LogP contribution in [0.5, 0.6) is 0 Å². The predicted molar refractivity (Wildman–Crippen MR) is 75.3 cm³/mol. The predicted octanol–water partition coefficient (Wildman–Crippen LogP) is 3.20. The molecule has 0 amide bonds. The van der Waals surface area contributed by atoms with Gasteiger partial charge in [-0.3, -0.25) is 4.90 Å². The minimum atomic E-state index is 0.178. The summed E-state index contributed by atoms with van der Waals surface area (Å²) in [6.07, 6.45) is 1.76. The summed E-state index contributed by atoms with van der Waals surface area (Å²) in [4.78, 5) is 2.13. The first-order chi connectivity index (χ1) is 8.15. The summed E-state index contributed by atoms with van der Waals surface area (Å²) in [5.74, 6) is 0.618. The van der Waals surface area contributed by atoms with E-state index < -0.39 is 0 Å². The summed E-state index contributed by atoms with van der Waals surface area (Å²) >= 11 is 5.71. The minimum Gasteiger partial charge on any atom is -0.308 e. The van der Waals surface area contributed by atoms with E-state index >= 15 is 0 Å². The molecule has 1 rings (SSSR count). The Kier molecular flexibility index (Phi) is 6.23. The Morgan fingerprint density at radius 1 is 1.35 bits per heavy atom. The molecule has 94 valence electrons. The van der Waals surface area contributed by atoms with Crippen LogP contribution in [0.25, 0.3) is 0 Å². The lowest BCUT2D eigenvalue weighted by Crippen LogP contribution is -2.37. The van der Waals surface area contributed by atoms with Gasteiger partial charge in [0.25, 0.3) is 0 Å². The minimum absolute atomic E-state index is 0.178. The van der Waals surface area contributed by atoms with Crippen LogP contribution in [0.15, 0.2) is 30.3 Å². The molecule has 17 heavy (non-hydrogen) atoms. The van der Waals surface area contributed by atoms with Gasteiger partial charge in [0, 0.05) is 24.2 Å². The molecule has 1 aromatic carbocycles. The van der Waals surface area contributed by atoms with Crippen molar-refractivity contribution in [2.45, 2.75) is 25.8 Å². The topological polar surface area (TPSA) is 27.1 Å². The maximum Gasteiger partial charge on any atom is 0.0443 e. The second-order valence-corrected chi connectivity index (χ2v) is 4.73. The highest BCUT2D eigenvalue weighted by Gasteiger charge is 2.13. The summed E-state index contributed by atoms with van der Waals surface area (Å²) in [7, 11) is 2.02. The molecule has 0 aliphatic carbocycles. The Morgan fingerprint density at radius 2 is 2.00 bits per heavy atom. The molecule has 3 heteroatoms. The van der Waals surface area contributed by atoms with E-state index in [0.717, 1.165) is 25.1 Å². The molecule has 1 atom stereocenters. The number of alkyl halides is 1. The number of hydrogen-bond acceptors (Lipinski definition) is 2. The molecule has 0 saturated carbocycles. The Hall–Kier alpha value is -0.860. The number of aryl methyl sites for hydroxylation is 1. The van der Waals surface area contributed by atoms with Crippen LogP contribution >= 0.6 is 11.6 Å². The average Bonchev–Trinajstić information content (AvgIpc) is 2.36. The first-order valence-corrected chi connectivity index (χ1v) is 6.56. The van der Waals surface area contributed by atoms with Gasteiger partial charge in [-0.25, -0.2) is 0 Å². The lowest BCUT2D eigenvalue weighted by atomic mass is 10.0. The van der Waals surface area contributed by atoms with E-state index in [4.69, 9.17) is 17.0 Å². The van der Waals surface area contributed by atoms with Gasteiger partial charge in [-0.05, 0) is 32.4 Å². The third-order valence-electron chi connectivity index (χ3n) is 3.13. The van der Waals surface area contributed by atoms with Crippen LogP contribution in [0.1, 0.15) is 18.9 Å². The number of rotatable bonds is 7. The van der Waals surface area contributed by atoms with Gasteiger partial charge in [0.15, 0.2) is 0 Å². The zero-order chi connectivity index (χ0) is 12.7. The summed E-state index contributed by atoms with van der Waals surface area (Å²) in [6, 6.07) is 10.5. The van der Waals surface area contributed by atoms with E-state index in [1.54, 1.807) is 0 Å². The molecule has 2 nitrogen and oxygen atoms in total. The van der Waals surface area contributed by atoms with Crippen molar-refractivity contribution in [1.82, 2.24) is 4.90 Å². The molecule has 1 unspecified atom stereocenters. The molecule has 0 radical (unpaired) electrons. The fraction of sp³-hybridized carbons (Fsp3) is 0.500. The van der Waals surface area contributed by atoms with Gasteiger partial charge in [-0.1, -0.05) is 30.3 Å². The van der Waals surface area contributed by atoms with Crippen molar-refractivity contribution in [2.24, 2.45) is 0 Å². The molecule has 0 saturated heterocycles.